The molecule has 0 amide bonds. The van der Waals surface area contributed by atoms with E-state index in [1.54, 1.807) is 33.9 Å². The molecule has 0 radical (unpaired) electrons. The molecule has 0 aliphatic heterocycles. The maximum Gasteiger partial charge on any atom is 0.205 e. The van der Waals surface area contributed by atoms with Crippen molar-refractivity contribution < 1.29 is 9.15 Å². The highest BCUT2D eigenvalue weighted by atomic mass is 16.5. The van der Waals surface area contributed by atoms with E-state index >= 15 is 0 Å². The predicted molar refractivity (Wildman–Crippen MR) is 100 cm³/mol. The third-order valence-corrected chi connectivity index (χ3v) is 4.42. The van der Waals surface area contributed by atoms with Gasteiger partial charge in [-0.25, -0.2) is 4.98 Å². The number of hydrogen-bond acceptors (Lipinski definition) is 8. The van der Waals surface area contributed by atoms with Crippen molar-refractivity contribution in [2.75, 3.05) is 5.73 Å². The molecular formula is C18H16N8O2. The van der Waals surface area contributed by atoms with Crippen LogP contribution in [0.5, 0.6) is 5.75 Å². The summed E-state index contributed by atoms with van der Waals surface area (Å²) >= 11 is 0. The summed E-state index contributed by atoms with van der Waals surface area (Å²) in [6.45, 7) is 1.84. The number of anilines is 1. The van der Waals surface area contributed by atoms with Gasteiger partial charge in [-0.15, -0.1) is 10.2 Å². The van der Waals surface area contributed by atoms with Crippen molar-refractivity contribution in [2.45, 2.75) is 13.0 Å². The van der Waals surface area contributed by atoms with Crippen LogP contribution in [0.1, 0.15) is 18.9 Å². The van der Waals surface area contributed by atoms with Gasteiger partial charge in [0.2, 0.25) is 5.75 Å². The van der Waals surface area contributed by atoms with E-state index in [1.807, 2.05) is 32.3 Å². The van der Waals surface area contributed by atoms with Gasteiger partial charge in [0.15, 0.2) is 29.0 Å². The fourth-order valence-electron chi connectivity index (χ4n) is 3.03. The molecule has 10 nitrogen and oxygen atoms in total. The first kappa shape index (κ1) is 16.2. The van der Waals surface area contributed by atoms with E-state index in [-0.39, 0.29) is 5.82 Å². The molecule has 5 rings (SSSR count). The molecule has 5 aromatic rings. The largest absolute Gasteiger partial charge is 0.475 e. The highest BCUT2D eigenvalue weighted by Crippen LogP contribution is 2.33. The molecule has 2 N–H and O–H groups in total. The monoisotopic (exact) mass is 376 g/mol. The first-order chi connectivity index (χ1) is 13.6. The van der Waals surface area contributed by atoms with Gasteiger partial charge in [0.1, 0.15) is 0 Å². The molecule has 0 aromatic carbocycles. The van der Waals surface area contributed by atoms with Gasteiger partial charge < -0.3 is 14.9 Å². The summed E-state index contributed by atoms with van der Waals surface area (Å²) in [5.41, 5.74) is 8.80. The molecule has 1 atom stereocenters. The first-order valence-corrected chi connectivity index (χ1v) is 8.60. The third-order valence-electron chi connectivity index (χ3n) is 4.42. The van der Waals surface area contributed by atoms with Gasteiger partial charge in [0, 0.05) is 30.4 Å². The molecule has 0 unspecified atom stereocenters. The number of ether oxygens (including phenoxy) is 1. The van der Waals surface area contributed by atoms with Crippen molar-refractivity contribution >= 4 is 22.4 Å². The average Bonchev–Trinajstić information content (AvgIpc) is 3.42. The van der Waals surface area contributed by atoms with E-state index in [9.17, 15) is 0 Å². The highest BCUT2D eigenvalue weighted by molar-refractivity contribution is 5.86. The van der Waals surface area contributed by atoms with E-state index in [1.165, 1.54) is 0 Å². The number of nitrogens with zero attached hydrogens (tertiary/aromatic N) is 7. The Bertz CT molecular complexity index is 1300. The van der Waals surface area contributed by atoms with Crippen LogP contribution < -0.4 is 10.5 Å². The second-order valence-corrected chi connectivity index (χ2v) is 6.39. The fourth-order valence-corrected chi connectivity index (χ4v) is 3.03. The second kappa shape index (κ2) is 6.05. The summed E-state index contributed by atoms with van der Waals surface area (Å²) in [4.78, 5) is 4.16. The van der Waals surface area contributed by atoms with E-state index in [4.69, 9.17) is 14.9 Å². The summed E-state index contributed by atoms with van der Waals surface area (Å²) in [5, 5.41) is 18.1. The van der Waals surface area contributed by atoms with Gasteiger partial charge in [0.05, 0.1) is 18.2 Å². The van der Waals surface area contributed by atoms with Gasteiger partial charge in [-0.3, -0.25) is 4.68 Å². The zero-order valence-corrected chi connectivity index (χ0v) is 15.1. The van der Waals surface area contributed by atoms with Gasteiger partial charge in [-0.05, 0) is 25.1 Å². The lowest BCUT2D eigenvalue weighted by Crippen LogP contribution is -2.11. The van der Waals surface area contributed by atoms with Crippen LogP contribution >= 0.6 is 0 Å². The second-order valence-electron chi connectivity index (χ2n) is 6.39. The molecule has 0 aliphatic rings. The van der Waals surface area contributed by atoms with Crippen LogP contribution in [0.15, 0.2) is 47.5 Å². The summed E-state index contributed by atoms with van der Waals surface area (Å²) in [5.74, 6) is 1.14. The molecule has 0 aliphatic carbocycles. The average molecular weight is 376 g/mol. The number of pyridine rings is 1. The molecule has 0 bridgehead atoms. The van der Waals surface area contributed by atoms with Crippen LogP contribution in [0.4, 0.5) is 5.82 Å². The van der Waals surface area contributed by atoms with Crippen LogP contribution in [-0.2, 0) is 7.05 Å². The zero-order chi connectivity index (χ0) is 19.3. The molecule has 0 saturated carbocycles. The van der Waals surface area contributed by atoms with E-state index in [0.29, 0.717) is 22.8 Å². The first-order valence-electron chi connectivity index (χ1n) is 8.60. The molecule has 5 heterocycles. The lowest BCUT2D eigenvalue weighted by atomic mass is 10.2. The van der Waals surface area contributed by atoms with Crippen LogP contribution in [0.25, 0.3) is 27.9 Å². The summed E-state index contributed by atoms with van der Waals surface area (Å²) in [6, 6.07) is 5.52. The standard InChI is InChI=1S/C18H16N8O2/c1-10(28-16-15-11(5-6-27-15)7-20-17(16)19)18-23-22-14-4-3-13(24-26(14)18)12-8-21-25(2)9-12/h3-10H,1-2H3,(H2,19,20)/t10-/m0/s1. The summed E-state index contributed by atoms with van der Waals surface area (Å²) in [7, 11) is 1.86. The number of rotatable bonds is 4. The van der Waals surface area contributed by atoms with Crippen molar-refractivity contribution in [2.24, 2.45) is 7.05 Å². The molecule has 140 valence electrons. The Morgan fingerprint density at radius 2 is 2.07 bits per heavy atom. The van der Waals surface area contributed by atoms with E-state index < -0.39 is 6.10 Å². The maximum atomic E-state index is 6.06. The fraction of sp³-hybridized carbons (Fsp3) is 0.167. The van der Waals surface area contributed by atoms with Gasteiger partial charge in [-0.1, -0.05) is 0 Å². The number of nitrogen functional groups attached to an aromatic ring is 1. The number of nitrogens with two attached hydrogens (primary N) is 1. The van der Waals surface area contributed by atoms with E-state index in [2.05, 4.69) is 25.4 Å². The van der Waals surface area contributed by atoms with Gasteiger partial charge >= 0.3 is 0 Å². The molecule has 0 fully saturated rings. The molecule has 0 saturated heterocycles. The quantitative estimate of drug-likeness (QED) is 0.507. The number of furan rings is 1. The number of fused-ring (bicyclic) bond motifs is 2. The van der Waals surface area contributed by atoms with Crippen LogP contribution in [0, 0.1) is 0 Å². The van der Waals surface area contributed by atoms with Crippen molar-refractivity contribution in [1.29, 1.82) is 0 Å². The van der Waals surface area contributed by atoms with Crippen molar-refractivity contribution in [3.63, 3.8) is 0 Å². The molecule has 10 heteroatoms. The summed E-state index contributed by atoms with van der Waals surface area (Å²) in [6.07, 6.45) is 6.35. The Kier molecular flexibility index (Phi) is 3.51. The van der Waals surface area contributed by atoms with Gasteiger partial charge in [0.25, 0.3) is 0 Å². The highest BCUT2D eigenvalue weighted by Gasteiger charge is 2.21. The minimum Gasteiger partial charge on any atom is -0.475 e. The topological polar surface area (TPSA) is 122 Å². The molecule has 0 spiro atoms. The Labute approximate surface area is 158 Å². The lowest BCUT2D eigenvalue weighted by molar-refractivity contribution is 0.214. The minimum absolute atomic E-state index is 0.243. The normalized spacial score (nSPS) is 12.6. The van der Waals surface area contributed by atoms with Crippen molar-refractivity contribution in [1.82, 2.24) is 34.6 Å². The summed E-state index contributed by atoms with van der Waals surface area (Å²) < 4.78 is 14.9. The van der Waals surface area contributed by atoms with Crippen LogP contribution in [0.3, 0.4) is 0 Å². The minimum atomic E-state index is -0.494. The lowest BCUT2D eigenvalue weighted by Gasteiger charge is -2.14. The van der Waals surface area contributed by atoms with Crippen LogP contribution in [-0.4, -0.2) is 34.6 Å². The molecular weight excluding hydrogens is 360 g/mol. The maximum absolute atomic E-state index is 6.06. The Morgan fingerprint density at radius 3 is 2.89 bits per heavy atom. The van der Waals surface area contributed by atoms with Crippen molar-refractivity contribution in [3.05, 3.63) is 48.9 Å². The SMILES string of the molecule is C[C@H](Oc1c(N)ncc2ccoc12)c1nnc2ccc(-c3cnn(C)c3)nn12. The third kappa shape index (κ3) is 2.54. The Morgan fingerprint density at radius 1 is 1.18 bits per heavy atom. The molecule has 28 heavy (non-hydrogen) atoms. The van der Waals surface area contributed by atoms with Gasteiger partial charge in [-0.2, -0.15) is 14.7 Å². The van der Waals surface area contributed by atoms with Crippen LogP contribution in [0.2, 0.25) is 0 Å². The number of aryl methyl sites for hydroxylation is 1. The van der Waals surface area contributed by atoms with Crippen molar-refractivity contribution in [3.8, 4) is 17.0 Å². The Hall–Kier alpha value is -3.95. The zero-order valence-electron chi connectivity index (χ0n) is 15.1. The smallest absolute Gasteiger partial charge is 0.205 e. The number of aromatic nitrogens is 7. The number of hydrogen-bond donors (Lipinski definition) is 1. The predicted octanol–water partition coefficient (Wildman–Crippen LogP) is 2.39. The molecule has 5 aromatic heterocycles. The van der Waals surface area contributed by atoms with E-state index in [0.717, 1.165) is 16.6 Å². The Balaban J connectivity index is 1.55.